The number of aliphatic carboxylic acids is 1. The molecule has 2 saturated carbocycles. The van der Waals surface area contributed by atoms with Crippen LogP contribution in [0.3, 0.4) is 0 Å². The summed E-state index contributed by atoms with van der Waals surface area (Å²) in [4.78, 5) is 23.3. The van der Waals surface area contributed by atoms with Gasteiger partial charge in [0, 0.05) is 12.5 Å². The van der Waals surface area contributed by atoms with Crippen molar-refractivity contribution >= 4 is 11.9 Å². The molecule has 0 spiro atoms. The molecule has 0 heterocycles. The molecule has 0 aromatic carbocycles. The molecule has 0 bridgehead atoms. The average molecular weight is 268 g/mol. The number of rotatable bonds is 5. The zero-order chi connectivity index (χ0) is 13.9. The van der Waals surface area contributed by atoms with Gasteiger partial charge in [0.15, 0.2) is 0 Å². The standard InChI is InChI=1S/C14H24N2O3/c15-8-10-2-4-11(5-3-10)12(17)16-9-14(13(18)19)6-1-7-14/h10-11H,1-9,15H2,(H,16,17)(H,18,19). The second-order valence-corrected chi connectivity index (χ2v) is 6.11. The van der Waals surface area contributed by atoms with Crippen LogP contribution in [0, 0.1) is 17.3 Å². The number of hydrogen-bond donors (Lipinski definition) is 3. The molecule has 0 aliphatic heterocycles. The topological polar surface area (TPSA) is 92.4 Å². The Hall–Kier alpha value is -1.10. The maximum absolute atomic E-state index is 12.1. The van der Waals surface area contributed by atoms with Gasteiger partial charge in [-0.05, 0) is 51.0 Å². The third kappa shape index (κ3) is 3.08. The molecule has 1 amide bonds. The van der Waals surface area contributed by atoms with Crippen molar-refractivity contribution in [2.24, 2.45) is 23.0 Å². The molecule has 0 atom stereocenters. The molecule has 0 aromatic heterocycles. The molecule has 19 heavy (non-hydrogen) atoms. The van der Waals surface area contributed by atoms with E-state index in [1.165, 1.54) is 0 Å². The van der Waals surface area contributed by atoms with Crippen molar-refractivity contribution in [2.45, 2.75) is 44.9 Å². The van der Waals surface area contributed by atoms with E-state index in [1.54, 1.807) is 0 Å². The van der Waals surface area contributed by atoms with E-state index in [9.17, 15) is 14.7 Å². The Balaban J connectivity index is 1.77. The van der Waals surface area contributed by atoms with Crippen LogP contribution in [0.5, 0.6) is 0 Å². The SMILES string of the molecule is NCC1CCC(C(=O)NCC2(C(=O)O)CCC2)CC1. The van der Waals surface area contributed by atoms with Crippen LogP contribution < -0.4 is 11.1 Å². The first-order valence-electron chi connectivity index (χ1n) is 7.28. The van der Waals surface area contributed by atoms with Crippen LogP contribution in [0.25, 0.3) is 0 Å². The monoisotopic (exact) mass is 268 g/mol. The average Bonchev–Trinajstić information content (AvgIpc) is 2.37. The third-order valence-corrected chi connectivity index (χ3v) is 4.92. The number of carbonyl (C=O) groups is 2. The first-order chi connectivity index (χ1) is 9.07. The minimum atomic E-state index is -0.772. The zero-order valence-corrected chi connectivity index (χ0v) is 11.4. The number of amides is 1. The lowest BCUT2D eigenvalue weighted by Gasteiger charge is -2.38. The first-order valence-corrected chi connectivity index (χ1v) is 7.28. The van der Waals surface area contributed by atoms with Crippen LogP contribution in [0.4, 0.5) is 0 Å². The summed E-state index contributed by atoms with van der Waals surface area (Å²) in [7, 11) is 0. The van der Waals surface area contributed by atoms with Crippen LogP contribution in [-0.4, -0.2) is 30.1 Å². The fourth-order valence-electron chi connectivity index (χ4n) is 3.13. The minimum absolute atomic E-state index is 0.0306. The summed E-state index contributed by atoms with van der Waals surface area (Å²) in [5, 5.41) is 12.1. The maximum atomic E-state index is 12.1. The molecule has 108 valence electrons. The van der Waals surface area contributed by atoms with Crippen molar-refractivity contribution in [3.05, 3.63) is 0 Å². The van der Waals surface area contributed by atoms with E-state index < -0.39 is 11.4 Å². The Kier molecular flexibility index (Phi) is 4.45. The molecule has 2 aliphatic rings. The van der Waals surface area contributed by atoms with Gasteiger partial charge in [0.25, 0.3) is 0 Å². The second kappa shape index (κ2) is 5.90. The molecule has 2 rings (SSSR count). The summed E-state index contributed by atoms with van der Waals surface area (Å²) in [5.41, 5.74) is 4.94. The van der Waals surface area contributed by atoms with Crippen molar-refractivity contribution in [1.29, 1.82) is 0 Å². The van der Waals surface area contributed by atoms with Crippen molar-refractivity contribution in [3.63, 3.8) is 0 Å². The Labute approximate surface area is 113 Å². The predicted octanol–water partition coefficient (Wildman–Crippen LogP) is 1.12. The summed E-state index contributed by atoms with van der Waals surface area (Å²) >= 11 is 0. The number of carboxylic acids is 1. The van der Waals surface area contributed by atoms with Crippen molar-refractivity contribution in [2.75, 3.05) is 13.1 Å². The van der Waals surface area contributed by atoms with Crippen LogP contribution in [0.1, 0.15) is 44.9 Å². The molecule has 0 unspecified atom stereocenters. The van der Waals surface area contributed by atoms with E-state index in [4.69, 9.17) is 5.73 Å². The summed E-state index contributed by atoms with van der Waals surface area (Å²) in [5.74, 6) is -0.136. The number of hydrogen-bond acceptors (Lipinski definition) is 3. The van der Waals surface area contributed by atoms with E-state index in [2.05, 4.69) is 5.32 Å². The quantitative estimate of drug-likeness (QED) is 0.696. The van der Waals surface area contributed by atoms with Crippen molar-refractivity contribution in [1.82, 2.24) is 5.32 Å². The Morgan fingerprint density at radius 2 is 1.84 bits per heavy atom. The molecule has 2 fully saturated rings. The van der Waals surface area contributed by atoms with E-state index in [-0.39, 0.29) is 18.4 Å². The van der Waals surface area contributed by atoms with E-state index >= 15 is 0 Å². The van der Waals surface area contributed by atoms with Crippen LogP contribution >= 0.6 is 0 Å². The molecule has 0 radical (unpaired) electrons. The highest BCUT2D eigenvalue weighted by Crippen LogP contribution is 2.40. The minimum Gasteiger partial charge on any atom is -0.481 e. The van der Waals surface area contributed by atoms with Gasteiger partial charge < -0.3 is 16.2 Å². The Morgan fingerprint density at radius 1 is 1.21 bits per heavy atom. The summed E-state index contributed by atoms with van der Waals surface area (Å²) in [6.07, 6.45) is 6.10. The summed E-state index contributed by atoms with van der Waals surface area (Å²) < 4.78 is 0. The largest absolute Gasteiger partial charge is 0.481 e. The highest BCUT2D eigenvalue weighted by Gasteiger charge is 2.44. The number of nitrogens with two attached hydrogens (primary N) is 1. The molecular formula is C14H24N2O3. The van der Waals surface area contributed by atoms with E-state index in [1.807, 2.05) is 0 Å². The van der Waals surface area contributed by atoms with Gasteiger partial charge in [-0.3, -0.25) is 9.59 Å². The molecule has 4 N–H and O–H groups in total. The maximum Gasteiger partial charge on any atom is 0.311 e. The van der Waals surface area contributed by atoms with Gasteiger partial charge in [-0.2, -0.15) is 0 Å². The zero-order valence-electron chi connectivity index (χ0n) is 11.4. The highest BCUT2D eigenvalue weighted by molar-refractivity contribution is 5.81. The highest BCUT2D eigenvalue weighted by atomic mass is 16.4. The summed E-state index contributed by atoms with van der Waals surface area (Å²) in [6, 6.07) is 0. The van der Waals surface area contributed by atoms with Gasteiger partial charge in [-0.25, -0.2) is 0 Å². The first kappa shape index (κ1) is 14.3. The fraction of sp³-hybridized carbons (Fsp3) is 0.857. The normalized spacial score (nSPS) is 29.3. The lowest BCUT2D eigenvalue weighted by atomic mass is 9.68. The van der Waals surface area contributed by atoms with Gasteiger partial charge >= 0.3 is 5.97 Å². The van der Waals surface area contributed by atoms with Gasteiger partial charge in [-0.15, -0.1) is 0 Å². The number of nitrogens with one attached hydrogen (secondary N) is 1. The number of carbonyl (C=O) groups excluding carboxylic acids is 1. The molecule has 0 saturated heterocycles. The van der Waals surface area contributed by atoms with Gasteiger partial charge in [0.05, 0.1) is 5.41 Å². The molecular weight excluding hydrogens is 244 g/mol. The Morgan fingerprint density at radius 3 is 2.26 bits per heavy atom. The van der Waals surface area contributed by atoms with Crippen molar-refractivity contribution < 1.29 is 14.7 Å². The second-order valence-electron chi connectivity index (χ2n) is 6.11. The number of carboxylic acid groups (broad SMARTS) is 1. The Bertz CT molecular complexity index is 345. The van der Waals surface area contributed by atoms with Crippen LogP contribution in [0.15, 0.2) is 0 Å². The van der Waals surface area contributed by atoms with E-state index in [0.29, 0.717) is 25.3 Å². The third-order valence-electron chi connectivity index (χ3n) is 4.92. The van der Waals surface area contributed by atoms with Crippen LogP contribution in [0.2, 0.25) is 0 Å². The molecule has 2 aliphatic carbocycles. The van der Waals surface area contributed by atoms with E-state index in [0.717, 1.165) is 32.1 Å². The lowest BCUT2D eigenvalue weighted by molar-refractivity contribution is -0.154. The van der Waals surface area contributed by atoms with Gasteiger partial charge in [0.1, 0.15) is 0 Å². The molecule has 5 nitrogen and oxygen atoms in total. The molecule has 5 heteroatoms. The van der Waals surface area contributed by atoms with Crippen molar-refractivity contribution in [3.8, 4) is 0 Å². The van der Waals surface area contributed by atoms with Gasteiger partial charge in [-0.1, -0.05) is 6.42 Å². The molecule has 0 aromatic rings. The van der Waals surface area contributed by atoms with Crippen LogP contribution in [-0.2, 0) is 9.59 Å². The van der Waals surface area contributed by atoms with Gasteiger partial charge in [0.2, 0.25) is 5.91 Å². The lowest BCUT2D eigenvalue weighted by Crippen LogP contribution is -2.49. The smallest absolute Gasteiger partial charge is 0.311 e. The summed E-state index contributed by atoms with van der Waals surface area (Å²) in [6.45, 7) is 0.994. The predicted molar refractivity (Wildman–Crippen MR) is 71.4 cm³/mol. The fourth-order valence-corrected chi connectivity index (χ4v) is 3.13.